The van der Waals surface area contributed by atoms with Gasteiger partial charge in [0.15, 0.2) is 0 Å². The first-order valence-corrected chi connectivity index (χ1v) is 7.33. The second kappa shape index (κ2) is 6.35. The van der Waals surface area contributed by atoms with E-state index in [1.165, 1.54) is 6.07 Å². The molecule has 0 aromatic heterocycles. The van der Waals surface area contributed by atoms with Gasteiger partial charge in [0, 0.05) is 29.5 Å². The molecule has 0 saturated carbocycles. The minimum absolute atomic E-state index is 0.00229. The van der Waals surface area contributed by atoms with Gasteiger partial charge in [0.1, 0.15) is 11.9 Å². The molecule has 1 fully saturated rings. The Hall–Kier alpha value is -1.43. The summed E-state index contributed by atoms with van der Waals surface area (Å²) in [6.45, 7) is 2.49. The first kappa shape index (κ1) is 15.0. The first-order valence-electron chi connectivity index (χ1n) is 6.54. The summed E-state index contributed by atoms with van der Waals surface area (Å²) in [5.74, 6) is -0.586. The highest BCUT2D eigenvalue weighted by Gasteiger charge is 2.34. The van der Waals surface area contributed by atoms with Gasteiger partial charge in [-0.25, -0.2) is 4.39 Å². The van der Waals surface area contributed by atoms with Gasteiger partial charge in [-0.05, 0) is 25.5 Å². The Morgan fingerprint density at radius 1 is 1.55 bits per heavy atom. The molecule has 20 heavy (non-hydrogen) atoms. The smallest absolute Gasteiger partial charge is 0.243 e. The quantitative estimate of drug-likeness (QED) is 0.911. The third-order valence-corrected chi connectivity index (χ3v) is 3.93. The van der Waals surface area contributed by atoms with Gasteiger partial charge >= 0.3 is 0 Å². The molecule has 1 heterocycles. The zero-order valence-electron chi connectivity index (χ0n) is 11.2. The molecule has 1 aromatic rings. The largest absolute Gasteiger partial charge is 0.350 e. The van der Waals surface area contributed by atoms with Crippen molar-refractivity contribution in [2.45, 2.75) is 32.4 Å². The van der Waals surface area contributed by atoms with E-state index >= 15 is 0 Å². The van der Waals surface area contributed by atoms with E-state index in [4.69, 9.17) is 0 Å². The first-order chi connectivity index (χ1) is 9.52. The zero-order valence-corrected chi connectivity index (χ0v) is 12.7. The van der Waals surface area contributed by atoms with Gasteiger partial charge in [-0.15, -0.1) is 0 Å². The molecule has 108 valence electrons. The number of nitrogens with one attached hydrogen (secondary N) is 1. The highest BCUT2D eigenvalue weighted by molar-refractivity contribution is 9.10. The van der Waals surface area contributed by atoms with E-state index < -0.39 is 6.04 Å². The molecule has 0 bridgehead atoms. The van der Waals surface area contributed by atoms with E-state index in [0.29, 0.717) is 29.4 Å². The summed E-state index contributed by atoms with van der Waals surface area (Å²) in [5, 5.41) is 2.70. The highest BCUT2D eigenvalue weighted by Crippen LogP contribution is 2.19. The number of likely N-dealkylation sites (N-methyl/N-ethyl adjacent to an activating group) is 1. The molecule has 1 aliphatic heterocycles. The predicted octanol–water partition coefficient (Wildman–Crippen LogP) is 2.22. The molecule has 0 aliphatic carbocycles. The monoisotopic (exact) mass is 342 g/mol. The van der Waals surface area contributed by atoms with Crippen molar-refractivity contribution in [3.63, 3.8) is 0 Å². The van der Waals surface area contributed by atoms with Crippen molar-refractivity contribution >= 4 is 27.7 Å². The molecule has 4 nitrogen and oxygen atoms in total. The molecule has 6 heteroatoms. The molecule has 2 rings (SSSR count). The van der Waals surface area contributed by atoms with Crippen LogP contribution in [0.3, 0.4) is 0 Å². The average molecular weight is 343 g/mol. The van der Waals surface area contributed by atoms with Crippen LogP contribution in [0.2, 0.25) is 0 Å². The van der Waals surface area contributed by atoms with Gasteiger partial charge in [-0.2, -0.15) is 0 Å². The van der Waals surface area contributed by atoms with E-state index in [0.717, 1.165) is 0 Å². The summed E-state index contributed by atoms with van der Waals surface area (Å²) in [6.07, 6.45) is 0.930. The lowest BCUT2D eigenvalue weighted by Crippen LogP contribution is -2.44. The second-order valence-corrected chi connectivity index (χ2v) is 5.60. The molecular weight excluding hydrogens is 327 g/mol. The number of hydrogen-bond donors (Lipinski definition) is 1. The SMILES string of the molecule is CCN1C(=O)CCC1C(=O)NCc1ccc(Br)cc1F. The average Bonchev–Trinajstić information content (AvgIpc) is 2.78. The maximum atomic E-state index is 13.6. The number of amides is 2. The fraction of sp³-hybridized carbons (Fsp3) is 0.429. The molecule has 0 spiro atoms. The van der Waals surface area contributed by atoms with Crippen LogP contribution in [-0.4, -0.2) is 29.3 Å². The minimum atomic E-state index is -0.425. The molecule has 1 aliphatic rings. The fourth-order valence-electron chi connectivity index (χ4n) is 2.37. The lowest BCUT2D eigenvalue weighted by molar-refractivity contribution is -0.135. The van der Waals surface area contributed by atoms with Gasteiger partial charge in [-0.3, -0.25) is 9.59 Å². The highest BCUT2D eigenvalue weighted by atomic mass is 79.9. The van der Waals surface area contributed by atoms with Gasteiger partial charge in [0.2, 0.25) is 11.8 Å². The number of carbonyl (C=O) groups is 2. The van der Waals surface area contributed by atoms with Crippen LogP contribution in [0.4, 0.5) is 4.39 Å². The van der Waals surface area contributed by atoms with Crippen LogP contribution in [0, 0.1) is 5.82 Å². The van der Waals surface area contributed by atoms with Crippen molar-refractivity contribution in [2.24, 2.45) is 0 Å². The predicted molar refractivity (Wildman–Crippen MR) is 76.4 cm³/mol. The lowest BCUT2D eigenvalue weighted by atomic mass is 10.2. The Bertz CT molecular complexity index is 536. The van der Waals surface area contributed by atoms with Crippen molar-refractivity contribution in [3.8, 4) is 0 Å². The maximum absolute atomic E-state index is 13.6. The molecule has 1 N–H and O–H groups in total. The van der Waals surface area contributed by atoms with E-state index in [1.54, 1.807) is 17.0 Å². The number of halogens is 2. The molecule has 1 atom stereocenters. The Balaban J connectivity index is 1.97. The molecule has 1 aromatic carbocycles. The normalized spacial score (nSPS) is 18.4. The zero-order chi connectivity index (χ0) is 14.7. The Morgan fingerprint density at radius 2 is 2.30 bits per heavy atom. The maximum Gasteiger partial charge on any atom is 0.243 e. The van der Waals surface area contributed by atoms with Gasteiger partial charge in [0.05, 0.1) is 0 Å². The van der Waals surface area contributed by atoms with Crippen LogP contribution in [0.5, 0.6) is 0 Å². The Labute approximate surface area is 125 Å². The molecule has 1 unspecified atom stereocenters. The van der Waals surface area contributed by atoms with Crippen LogP contribution in [0.15, 0.2) is 22.7 Å². The molecule has 0 radical (unpaired) electrons. The van der Waals surface area contributed by atoms with Gasteiger partial charge in [0.25, 0.3) is 0 Å². The minimum Gasteiger partial charge on any atom is -0.350 e. The number of nitrogens with zero attached hydrogens (tertiary/aromatic N) is 1. The number of likely N-dealkylation sites (tertiary alicyclic amines) is 1. The van der Waals surface area contributed by atoms with Crippen LogP contribution < -0.4 is 5.32 Å². The molecular formula is C14H16BrFN2O2. The van der Waals surface area contributed by atoms with Crippen molar-refractivity contribution in [3.05, 3.63) is 34.1 Å². The van der Waals surface area contributed by atoms with Crippen LogP contribution >= 0.6 is 15.9 Å². The van der Waals surface area contributed by atoms with E-state index in [-0.39, 0.29) is 24.2 Å². The van der Waals surface area contributed by atoms with Gasteiger partial charge < -0.3 is 10.2 Å². The molecule has 2 amide bonds. The Kier molecular flexibility index (Phi) is 4.75. The van der Waals surface area contributed by atoms with Crippen molar-refractivity contribution < 1.29 is 14.0 Å². The fourth-order valence-corrected chi connectivity index (χ4v) is 2.70. The van der Waals surface area contributed by atoms with E-state index in [1.807, 2.05) is 6.92 Å². The topological polar surface area (TPSA) is 49.4 Å². The van der Waals surface area contributed by atoms with Gasteiger partial charge in [-0.1, -0.05) is 22.0 Å². The van der Waals surface area contributed by atoms with Crippen molar-refractivity contribution in [1.82, 2.24) is 10.2 Å². The number of carbonyl (C=O) groups excluding carboxylic acids is 2. The van der Waals surface area contributed by atoms with Crippen LogP contribution in [0.25, 0.3) is 0 Å². The third-order valence-electron chi connectivity index (χ3n) is 3.44. The summed E-state index contributed by atoms with van der Waals surface area (Å²) in [5.41, 5.74) is 0.425. The summed E-state index contributed by atoms with van der Waals surface area (Å²) < 4.78 is 14.3. The third kappa shape index (κ3) is 3.17. The van der Waals surface area contributed by atoms with Crippen molar-refractivity contribution in [2.75, 3.05) is 6.54 Å². The summed E-state index contributed by atoms with van der Waals surface area (Å²) in [6, 6.07) is 4.28. The summed E-state index contributed by atoms with van der Waals surface area (Å²) >= 11 is 3.18. The standard InChI is InChI=1S/C14H16BrFN2O2/c1-2-18-12(5-6-13(18)19)14(20)17-8-9-3-4-10(15)7-11(9)16/h3-4,7,12H,2,5-6,8H2,1H3,(H,17,20). The van der Waals surface area contributed by atoms with Crippen LogP contribution in [-0.2, 0) is 16.1 Å². The van der Waals surface area contributed by atoms with Crippen LogP contribution in [0.1, 0.15) is 25.3 Å². The van der Waals surface area contributed by atoms with E-state index in [2.05, 4.69) is 21.2 Å². The Morgan fingerprint density at radius 3 is 2.95 bits per heavy atom. The van der Waals surface area contributed by atoms with E-state index in [9.17, 15) is 14.0 Å². The molecule has 1 saturated heterocycles. The number of rotatable bonds is 4. The number of hydrogen-bond acceptors (Lipinski definition) is 2. The number of benzene rings is 1. The summed E-state index contributed by atoms with van der Waals surface area (Å²) in [4.78, 5) is 25.2. The summed E-state index contributed by atoms with van der Waals surface area (Å²) in [7, 11) is 0. The van der Waals surface area contributed by atoms with Crippen molar-refractivity contribution in [1.29, 1.82) is 0 Å². The second-order valence-electron chi connectivity index (χ2n) is 4.69. The lowest BCUT2D eigenvalue weighted by Gasteiger charge is -2.22.